The van der Waals surface area contributed by atoms with E-state index in [2.05, 4.69) is 46.7 Å². The maximum atomic E-state index is 4.21. The molecule has 0 amide bonds. The fraction of sp³-hybridized carbons (Fsp3) is 0.375. The zero-order valence-corrected chi connectivity index (χ0v) is 12.4. The van der Waals surface area contributed by atoms with Crippen LogP contribution in [-0.4, -0.2) is 33.1 Å². The smallest absolute Gasteiger partial charge is 0.0824 e. The molecule has 0 radical (unpaired) electrons. The third-order valence-electron chi connectivity index (χ3n) is 3.63. The third-order valence-corrected chi connectivity index (χ3v) is 3.63. The van der Waals surface area contributed by atoms with Gasteiger partial charge in [0, 0.05) is 18.8 Å². The SMILES string of the molecule is C=C1C(=C)N(C(=C)CC)CCN1Cc1ccc(C)nn1. The first-order valence-electron chi connectivity index (χ1n) is 6.90. The Hall–Kier alpha value is -2.10. The van der Waals surface area contributed by atoms with Crippen LogP contribution in [0.5, 0.6) is 0 Å². The van der Waals surface area contributed by atoms with Gasteiger partial charge < -0.3 is 9.80 Å². The van der Waals surface area contributed by atoms with Gasteiger partial charge in [0.2, 0.25) is 0 Å². The molecule has 1 aliphatic rings. The van der Waals surface area contributed by atoms with Gasteiger partial charge in [-0.15, -0.1) is 0 Å². The van der Waals surface area contributed by atoms with Crippen molar-refractivity contribution < 1.29 is 0 Å². The number of aromatic nitrogens is 2. The summed E-state index contributed by atoms with van der Waals surface area (Å²) in [6.45, 7) is 18.9. The Bertz CT molecular complexity index is 530. The Morgan fingerprint density at radius 3 is 2.55 bits per heavy atom. The topological polar surface area (TPSA) is 32.3 Å². The molecule has 0 unspecified atom stereocenters. The zero-order chi connectivity index (χ0) is 14.7. The molecule has 0 aliphatic carbocycles. The summed E-state index contributed by atoms with van der Waals surface area (Å²) in [6.07, 6.45) is 0.926. The van der Waals surface area contributed by atoms with E-state index in [0.29, 0.717) is 0 Å². The highest BCUT2D eigenvalue weighted by atomic mass is 15.3. The van der Waals surface area contributed by atoms with Crippen LogP contribution in [0.1, 0.15) is 24.7 Å². The second-order valence-corrected chi connectivity index (χ2v) is 5.05. The Labute approximate surface area is 121 Å². The van der Waals surface area contributed by atoms with Gasteiger partial charge in [-0.25, -0.2) is 0 Å². The third kappa shape index (κ3) is 2.90. The molecule has 1 aromatic rings. The molecule has 20 heavy (non-hydrogen) atoms. The second kappa shape index (κ2) is 5.90. The molecule has 0 N–H and O–H groups in total. The summed E-state index contributed by atoms with van der Waals surface area (Å²) in [5, 5.41) is 8.30. The predicted octanol–water partition coefficient (Wildman–Crippen LogP) is 2.85. The summed E-state index contributed by atoms with van der Waals surface area (Å²) >= 11 is 0. The number of piperazine rings is 1. The van der Waals surface area contributed by atoms with Gasteiger partial charge in [0.25, 0.3) is 0 Å². The average molecular weight is 270 g/mol. The van der Waals surface area contributed by atoms with Crippen molar-refractivity contribution in [1.82, 2.24) is 20.0 Å². The Morgan fingerprint density at radius 1 is 1.20 bits per heavy atom. The molecule has 2 rings (SSSR count). The normalized spacial score (nSPS) is 15.7. The Kier molecular flexibility index (Phi) is 4.23. The molecular formula is C16H22N4. The summed E-state index contributed by atoms with van der Waals surface area (Å²) in [5.74, 6) is 0. The number of rotatable bonds is 4. The van der Waals surface area contributed by atoms with Gasteiger partial charge in [-0.1, -0.05) is 26.7 Å². The number of hydrogen-bond donors (Lipinski definition) is 0. The van der Waals surface area contributed by atoms with E-state index >= 15 is 0 Å². The van der Waals surface area contributed by atoms with Crippen LogP contribution < -0.4 is 0 Å². The zero-order valence-electron chi connectivity index (χ0n) is 12.4. The number of hydrogen-bond acceptors (Lipinski definition) is 4. The van der Waals surface area contributed by atoms with Crippen molar-refractivity contribution in [3.63, 3.8) is 0 Å². The number of allylic oxidation sites excluding steroid dienone is 1. The first kappa shape index (κ1) is 14.3. The molecule has 2 heterocycles. The van der Waals surface area contributed by atoms with Crippen LogP contribution in [0.4, 0.5) is 0 Å². The van der Waals surface area contributed by atoms with Crippen molar-refractivity contribution in [2.24, 2.45) is 0 Å². The van der Waals surface area contributed by atoms with Crippen molar-refractivity contribution >= 4 is 0 Å². The molecule has 0 bridgehead atoms. The highest BCUT2D eigenvalue weighted by Gasteiger charge is 2.24. The number of nitrogens with zero attached hydrogens (tertiary/aromatic N) is 4. The molecule has 0 atom stereocenters. The second-order valence-electron chi connectivity index (χ2n) is 5.05. The molecule has 1 saturated heterocycles. The lowest BCUT2D eigenvalue weighted by molar-refractivity contribution is 0.239. The summed E-state index contributed by atoms with van der Waals surface area (Å²) in [6, 6.07) is 3.99. The Morgan fingerprint density at radius 2 is 1.95 bits per heavy atom. The summed E-state index contributed by atoms with van der Waals surface area (Å²) < 4.78 is 0. The van der Waals surface area contributed by atoms with Crippen LogP contribution >= 0.6 is 0 Å². The van der Waals surface area contributed by atoms with Crippen LogP contribution in [0.3, 0.4) is 0 Å². The van der Waals surface area contributed by atoms with Gasteiger partial charge >= 0.3 is 0 Å². The van der Waals surface area contributed by atoms with E-state index in [4.69, 9.17) is 0 Å². The van der Waals surface area contributed by atoms with E-state index in [1.54, 1.807) is 0 Å². The van der Waals surface area contributed by atoms with Crippen molar-refractivity contribution in [1.29, 1.82) is 0 Å². The molecular weight excluding hydrogens is 248 g/mol. The van der Waals surface area contributed by atoms with Crippen LogP contribution in [0.15, 0.2) is 49.0 Å². The van der Waals surface area contributed by atoms with E-state index in [-0.39, 0.29) is 0 Å². The van der Waals surface area contributed by atoms with Crippen LogP contribution in [0.2, 0.25) is 0 Å². The van der Waals surface area contributed by atoms with Crippen LogP contribution in [0, 0.1) is 6.92 Å². The summed E-state index contributed by atoms with van der Waals surface area (Å²) in [7, 11) is 0. The van der Waals surface area contributed by atoms with Crippen LogP contribution in [0.25, 0.3) is 0 Å². The van der Waals surface area contributed by atoms with Gasteiger partial charge in [0.05, 0.1) is 29.3 Å². The average Bonchev–Trinajstić information content (AvgIpc) is 2.45. The van der Waals surface area contributed by atoms with Gasteiger partial charge in [-0.2, -0.15) is 10.2 Å². The summed E-state index contributed by atoms with van der Waals surface area (Å²) in [4.78, 5) is 4.35. The molecule has 4 heteroatoms. The van der Waals surface area contributed by atoms with Gasteiger partial charge in [0.15, 0.2) is 0 Å². The fourth-order valence-corrected chi connectivity index (χ4v) is 2.25. The monoisotopic (exact) mass is 270 g/mol. The lowest BCUT2D eigenvalue weighted by Gasteiger charge is -2.40. The molecule has 0 saturated carbocycles. The van der Waals surface area contributed by atoms with E-state index < -0.39 is 0 Å². The minimum Gasteiger partial charge on any atom is -0.363 e. The minimum absolute atomic E-state index is 0.720. The quantitative estimate of drug-likeness (QED) is 0.842. The highest BCUT2D eigenvalue weighted by Crippen LogP contribution is 2.26. The molecule has 106 valence electrons. The fourth-order valence-electron chi connectivity index (χ4n) is 2.25. The lowest BCUT2D eigenvalue weighted by Crippen LogP contribution is -2.41. The molecule has 1 aromatic heterocycles. The van der Waals surface area contributed by atoms with E-state index in [9.17, 15) is 0 Å². The van der Waals surface area contributed by atoms with E-state index in [0.717, 1.165) is 54.5 Å². The van der Waals surface area contributed by atoms with E-state index in [1.807, 2.05) is 19.1 Å². The first-order valence-corrected chi connectivity index (χ1v) is 6.90. The van der Waals surface area contributed by atoms with Crippen molar-refractivity contribution in [3.05, 3.63) is 60.3 Å². The minimum atomic E-state index is 0.720. The van der Waals surface area contributed by atoms with Gasteiger partial charge in [0.1, 0.15) is 0 Å². The maximum absolute atomic E-state index is 4.21. The Balaban J connectivity index is 2.05. The number of aryl methyl sites for hydroxylation is 1. The van der Waals surface area contributed by atoms with Crippen molar-refractivity contribution in [2.75, 3.05) is 13.1 Å². The molecule has 4 nitrogen and oxygen atoms in total. The standard InChI is InChI=1S/C16H22N4/c1-6-13(3)20-10-9-19(14(4)15(20)5)11-16-8-7-12(2)17-18-16/h7-8H,3-6,9-11H2,1-2H3. The van der Waals surface area contributed by atoms with E-state index in [1.165, 1.54) is 0 Å². The van der Waals surface area contributed by atoms with Crippen molar-refractivity contribution in [3.8, 4) is 0 Å². The lowest BCUT2D eigenvalue weighted by atomic mass is 10.1. The van der Waals surface area contributed by atoms with Gasteiger partial charge in [-0.05, 0) is 25.5 Å². The highest BCUT2D eigenvalue weighted by molar-refractivity contribution is 5.29. The predicted molar refractivity (Wildman–Crippen MR) is 81.6 cm³/mol. The largest absolute Gasteiger partial charge is 0.363 e. The molecule has 0 aromatic carbocycles. The molecule has 1 aliphatic heterocycles. The van der Waals surface area contributed by atoms with Gasteiger partial charge in [-0.3, -0.25) is 0 Å². The van der Waals surface area contributed by atoms with Crippen LogP contribution in [-0.2, 0) is 6.54 Å². The maximum Gasteiger partial charge on any atom is 0.0824 e. The first-order chi connectivity index (χ1) is 9.52. The molecule has 0 spiro atoms. The van der Waals surface area contributed by atoms with Crippen molar-refractivity contribution in [2.45, 2.75) is 26.8 Å². The summed E-state index contributed by atoms with van der Waals surface area (Å²) in [5.41, 5.74) is 4.84. The molecule has 1 fully saturated rings.